The van der Waals surface area contributed by atoms with Gasteiger partial charge in [0.15, 0.2) is 6.10 Å². The van der Waals surface area contributed by atoms with Gasteiger partial charge in [0.1, 0.15) is 13.2 Å². The third-order valence-electron chi connectivity index (χ3n) is 15.9. The molecule has 0 rings (SSSR count). The van der Waals surface area contributed by atoms with Crippen LogP contribution in [0.1, 0.15) is 387 Å². The zero-order chi connectivity index (χ0) is 56.4. The molecule has 458 valence electrons. The van der Waals surface area contributed by atoms with Crippen LogP contribution in [0, 0.1) is 0 Å². The van der Waals surface area contributed by atoms with Gasteiger partial charge in [0.2, 0.25) is 0 Å². The van der Waals surface area contributed by atoms with E-state index in [2.05, 4.69) is 57.2 Å². The van der Waals surface area contributed by atoms with Crippen LogP contribution in [-0.4, -0.2) is 37.2 Å². The second kappa shape index (κ2) is 67.1. The van der Waals surface area contributed by atoms with Crippen molar-refractivity contribution in [2.75, 3.05) is 13.2 Å². The fourth-order valence-electron chi connectivity index (χ4n) is 10.7. The molecule has 1 unspecified atom stereocenters. The van der Waals surface area contributed by atoms with Gasteiger partial charge in [-0.15, -0.1) is 0 Å². The maximum absolute atomic E-state index is 12.9. The molecule has 0 heterocycles. The topological polar surface area (TPSA) is 78.9 Å². The van der Waals surface area contributed by atoms with E-state index in [0.29, 0.717) is 19.3 Å². The fraction of sp³-hybridized carbons (Fsp3) is 0.875. The van der Waals surface area contributed by atoms with E-state index in [1.165, 1.54) is 263 Å². The Kier molecular flexibility index (Phi) is 65.1. The number of unbranched alkanes of at least 4 members (excludes halogenated alkanes) is 48. The van der Waals surface area contributed by atoms with Crippen LogP contribution in [0.2, 0.25) is 0 Å². The Morgan fingerprint density at radius 3 is 0.782 bits per heavy atom. The fourth-order valence-corrected chi connectivity index (χ4v) is 10.7. The number of rotatable bonds is 65. The molecule has 0 fully saturated rings. The van der Waals surface area contributed by atoms with Crippen molar-refractivity contribution in [2.24, 2.45) is 0 Å². The highest BCUT2D eigenvalue weighted by Crippen LogP contribution is 2.19. The lowest BCUT2D eigenvalue weighted by molar-refractivity contribution is -0.167. The molecule has 0 spiro atoms. The van der Waals surface area contributed by atoms with Gasteiger partial charge >= 0.3 is 17.9 Å². The van der Waals surface area contributed by atoms with Crippen molar-refractivity contribution in [1.29, 1.82) is 0 Å². The normalized spacial score (nSPS) is 12.2. The molecule has 6 heteroatoms. The Labute approximate surface area is 486 Å². The molecule has 0 aromatic rings. The summed E-state index contributed by atoms with van der Waals surface area (Å²) in [6, 6.07) is 0. The van der Waals surface area contributed by atoms with Gasteiger partial charge in [0, 0.05) is 19.3 Å². The van der Waals surface area contributed by atoms with Crippen molar-refractivity contribution >= 4 is 17.9 Å². The molecule has 0 saturated carbocycles. The van der Waals surface area contributed by atoms with E-state index in [4.69, 9.17) is 14.2 Å². The average Bonchev–Trinajstić information content (AvgIpc) is 3.44. The molecular weight excluding hydrogens is 961 g/mol. The second-order valence-electron chi connectivity index (χ2n) is 23.8. The molecule has 0 saturated heterocycles. The minimum absolute atomic E-state index is 0.0758. The van der Waals surface area contributed by atoms with Crippen LogP contribution in [0.25, 0.3) is 0 Å². The molecule has 6 nitrogen and oxygen atoms in total. The maximum atomic E-state index is 12.9. The number of hydrogen-bond donors (Lipinski definition) is 0. The highest BCUT2D eigenvalue weighted by atomic mass is 16.6. The lowest BCUT2D eigenvalue weighted by atomic mass is 10.0. The van der Waals surface area contributed by atoms with E-state index in [1.54, 1.807) is 0 Å². The summed E-state index contributed by atoms with van der Waals surface area (Å²) in [7, 11) is 0. The number of carbonyl (C=O) groups is 3. The third kappa shape index (κ3) is 64.5. The first-order valence-corrected chi connectivity index (χ1v) is 35.0. The van der Waals surface area contributed by atoms with E-state index in [0.717, 1.165) is 83.5 Å². The smallest absolute Gasteiger partial charge is 0.306 e. The third-order valence-corrected chi connectivity index (χ3v) is 15.9. The van der Waals surface area contributed by atoms with Gasteiger partial charge in [-0.25, -0.2) is 0 Å². The van der Waals surface area contributed by atoms with Gasteiger partial charge in [-0.2, -0.15) is 0 Å². The number of esters is 3. The Hall–Kier alpha value is -2.37. The molecule has 0 aromatic heterocycles. The monoisotopic (exact) mass is 1100 g/mol. The van der Waals surface area contributed by atoms with Gasteiger partial charge in [-0.3, -0.25) is 14.4 Å². The lowest BCUT2D eigenvalue weighted by Gasteiger charge is -2.18. The molecule has 0 aliphatic carbocycles. The van der Waals surface area contributed by atoms with Crippen LogP contribution in [0.5, 0.6) is 0 Å². The van der Waals surface area contributed by atoms with Crippen LogP contribution >= 0.6 is 0 Å². The van der Waals surface area contributed by atoms with Crippen molar-refractivity contribution in [2.45, 2.75) is 393 Å². The molecule has 0 bridgehead atoms. The molecule has 1 atom stereocenters. The summed E-state index contributed by atoms with van der Waals surface area (Å²) in [5.74, 6) is -0.878. The summed E-state index contributed by atoms with van der Waals surface area (Å²) in [6.07, 6.45) is 83.3. The summed E-state index contributed by atoms with van der Waals surface area (Å²) >= 11 is 0. The number of allylic oxidation sites excluding steroid dienone is 6. The predicted molar refractivity (Wildman–Crippen MR) is 339 cm³/mol. The predicted octanol–water partition coefficient (Wildman–Crippen LogP) is 23.9. The van der Waals surface area contributed by atoms with Crippen molar-refractivity contribution in [3.05, 3.63) is 36.5 Å². The van der Waals surface area contributed by atoms with Crippen LogP contribution < -0.4 is 0 Å². The number of carbonyl (C=O) groups excluding carboxylic acids is 3. The summed E-state index contributed by atoms with van der Waals surface area (Å²) in [4.78, 5) is 38.4. The van der Waals surface area contributed by atoms with Crippen LogP contribution in [-0.2, 0) is 28.6 Å². The van der Waals surface area contributed by atoms with Gasteiger partial charge in [0.05, 0.1) is 0 Å². The molecule has 0 aliphatic heterocycles. The summed E-state index contributed by atoms with van der Waals surface area (Å²) in [5.41, 5.74) is 0. The van der Waals surface area contributed by atoms with E-state index >= 15 is 0 Å². The molecule has 0 aliphatic rings. The molecule has 78 heavy (non-hydrogen) atoms. The molecule has 0 N–H and O–H groups in total. The average molecular weight is 1100 g/mol. The SMILES string of the molecule is CC/C=C\C/C=C\C/C=C\CCCCCC(=O)OCC(COC(=O)CCCCCCCCCCCCCCCCCCCCCCCCCCCCCC)OC(=O)CCCCCCCCCCCCCCCCCCCCC. The summed E-state index contributed by atoms with van der Waals surface area (Å²) in [6.45, 7) is 6.58. The van der Waals surface area contributed by atoms with Gasteiger partial charge in [0.25, 0.3) is 0 Å². The molecular formula is C72H134O6. The quantitative estimate of drug-likeness (QED) is 0.0261. The Morgan fingerprint density at radius 2 is 0.500 bits per heavy atom. The first-order valence-electron chi connectivity index (χ1n) is 35.0. The van der Waals surface area contributed by atoms with Crippen LogP contribution in [0.4, 0.5) is 0 Å². The van der Waals surface area contributed by atoms with E-state index in [-0.39, 0.29) is 31.1 Å². The van der Waals surface area contributed by atoms with Crippen LogP contribution in [0.3, 0.4) is 0 Å². The molecule has 0 aromatic carbocycles. The highest BCUT2D eigenvalue weighted by Gasteiger charge is 2.19. The summed E-state index contributed by atoms with van der Waals surface area (Å²) in [5, 5.41) is 0. The van der Waals surface area contributed by atoms with Crippen molar-refractivity contribution in [3.63, 3.8) is 0 Å². The second-order valence-corrected chi connectivity index (χ2v) is 23.8. The van der Waals surface area contributed by atoms with E-state index in [9.17, 15) is 14.4 Å². The van der Waals surface area contributed by atoms with E-state index < -0.39 is 6.10 Å². The highest BCUT2D eigenvalue weighted by molar-refractivity contribution is 5.71. The van der Waals surface area contributed by atoms with Gasteiger partial charge < -0.3 is 14.2 Å². The van der Waals surface area contributed by atoms with Crippen molar-refractivity contribution < 1.29 is 28.6 Å². The zero-order valence-electron chi connectivity index (χ0n) is 52.7. The molecule has 0 radical (unpaired) electrons. The minimum Gasteiger partial charge on any atom is -0.462 e. The zero-order valence-corrected chi connectivity index (χ0v) is 52.7. The Morgan fingerprint density at radius 1 is 0.269 bits per heavy atom. The molecule has 0 amide bonds. The van der Waals surface area contributed by atoms with Crippen LogP contribution in [0.15, 0.2) is 36.5 Å². The Balaban J connectivity index is 4.18. The largest absolute Gasteiger partial charge is 0.462 e. The van der Waals surface area contributed by atoms with Gasteiger partial charge in [-0.1, -0.05) is 353 Å². The van der Waals surface area contributed by atoms with E-state index in [1.807, 2.05) is 0 Å². The standard InChI is InChI=1S/C72H134O6/c1-4-7-10-13-16-19-22-25-27-29-31-32-33-34-35-36-37-38-39-41-42-44-47-50-53-56-59-62-65-71(74)77-68-69(67-76-70(73)64-61-58-55-52-49-46-24-21-18-15-12-9-6-3)78-72(75)66-63-60-57-54-51-48-45-43-40-30-28-26-23-20-17-14-11-8-5-2/h9,12,18,21,46,49,69H,4-8,10-11,13-17,19-20,22-45,47-48,50-68H2,1-3H3/b12-9-,21-18-,49-46-. The first-order chi connectivity index (χ1) is 38.5. The summed E-state index contributed by atoms with van der Waals surface area (Å²) < 4.78 is 16.9. The van der Waals surface area contributed by atoms with Gasteiger partial charge in [-0.05, 0) is 51.4 Å². The number of ether oxygens (including phenoxy) is 3. The Bertz CT molecular complexity index is 1300. The maximum Gasteiger partial charge on any atom is 0.306 e. The number of hydrogen-bond acceptors (Lipinski definition) is 6. The lowest BCUT2D eigenvalue weighted by Crippen LogP contribution is -2.30. The van der Waals surface area contributed by atoms with Crippen molar-refractivity contribution in [1.82, 2.24) is 0 Å². The van der Waals surface area contributed by atoms with Crippen molar-refractivity contribution in [3.8, 4) is 0 Å². The first kappa shape index (κ1) is 75.6. The minimum atomic E-state index is -0.781.